The van der Waals surface area contributed by atoms with Crippen LogP contribution in [0.1, 0.15) is 49.7 Å². The maximum atomic E-state index is 12.5. The predicted octanol–water partition coefficient (Wildman–Crippen LogP) is 5.69. The Morgan fingerprint density at radius 3 is 2.32 bits per heavy atom. The first-order valence-electron chi connectivity index (χ1n) is 12.8. The molecule has 1 N–H and O–H groups in total. The van der Waals surface area contributed by atoms with E-state index < -0.39 is 0 Å². The van der Waals surface area contributed by atoms with Crippen LogP contribution in [0.3, 0.4) is 0 Å². The lowest BCUT2D eigenvalue weighted by atomic mass is 9.87. The number of hydrogen-bond donors (Lipinski definition) is 1. The molecule has 6 heteroatoms. The Kier molecular flexibility index (Phi) is 8.17. The van der Waals surface area contributed by atoms with Gasteiger partial charge in [-0.3, -0.25) is 4.79 Å². The van der Waals surface area contributed by atoms with E-state index in [2.05, 4.69) is 73.1 Å². The average molecular weight is 500 g/mol. The van der Waals surface area contributed by atoms with Gasteiger partial charge in [0.2, 0.25) is 5.91 Å². The van der Waals surface area contributed by atoms with Gasteiger partial charge in [-0.25, -0.2) is 4.98 Å². The second kappa shape index (κ2) is 11.5. The summed E-state index contributed by atoms with van der Waals surface area (Å²) < 4.78 is 12.9. The average Bonchev–Trinajstić information content (AvgIpc) is 3.23. The smallest absolute Gasteiger partial charge is 0.224 e. The fraction of sp³-hybridized carbons (Fsp3) is 0.355. The van der Waals surface area contributed by atoms with E-state index >= 15 is 0 Å². The molecule has 4 aromatic rings. The van der Waals surface area contributed by atoms with Gasteiger partial charge in [-0.1, -0.05) is 63.2 Å². The molecule has 0 aliphatic heterocycles. The number of rotatable bonds is 10. The van der Waals surface area contributed by atoms with Crippen molar-refractivity contribution in [1.82, 2.24) is 14.9 Å². The number of nitrogens with zero attached hydrogens (tertiary/aromatic N) is 2. The maximum absolute atomic E-state index is 12.5. The van der Waals surface area contributed by atoms with Crippen LogP contribution in [0.4, 0.5) is 0 Å². The van der Waals surface area contributed by atoms with Crippen LogP contribution in [-0.4, -0.2) is 36.2 Å². The number of aryl methyl sites for hydroxylation is 1. The van der Waals surface area contributed by atoms with Crippen molar-refractivity contribution < 1.29 is 14.3 Å². The number of carbonyl (C=O) groups is 1. The summed E-state index contributed by atoms with van der Waals surface area (Å²) in [6.45, 7) is 8.06. The Hall–Kier alpha value is -3.80. The summed E-state index contributed by atoms with van der Waals surface area (Å²) in [7, 11) is 3.19. The molecule has 0 unspecified atom stereocenters. The maximum Gasteiger partial charge on any atom is 0.224 e. The van der Waals surface area contributed by atoms with Crippen LogP contribution >= 0.6 is 0 Å². The van der Waals surface area contributed by atoms with E-state index in [1.165, 1.54) is 11.1 Å². The van der Waals surface area contributed by atoms with Crippen molar-refractivity contribution in [3.63, 3.8) is 0 Å². The molecule has 0 saturated heterocycles. The zero-order valence-corrected chi connectivity index (χ0v) is 22.5. The van der Waals surface area contributed by atoms with Crippen LogP contribution in [0, 0.1) is 0 Å². The van der Waals surface area contributed by atoms with Gasteiger partial charge in [0.25, 0.3) is 0 Å². The molecule has 3 aromatic carbocycles. The normalized spacial score (nSPS) is 11.5. The van der Waals surface area contributed by atoms with Crippen LogP contribution in [0.25, 0.3) is 11.0 Å². The first-order chi connectivity index (χ1) is 17.8. The third-order valence-electron chi connectivity index (χ3n) is 6.61. The Balaban J connectivity index is 1.38. The van der Waals surface area contributed by atoms with Crippen molar-refractivity contribution in [1.29, 1.82) is 0 Å². The van der Waals surface area contributed by atoms with Crippen molar-refractivity contribution in [3.8, 4) is 11.5 Å². The molecule has 194 valence electrons. The quantitative estimate of drug-likeness (QED) is 0.285. The number of imidazole rings is 1. The third-order valence-corrected chi connectivity index (χ3v) is 6.61. The third kappa shape index (κ3) is 6.50. The number of amides is 1. The highest BCUT2D eigenvalue weighted by Gasteiger charge is 2.15. The summed E-state index contributed by atoms with van der Waals surface area (Å²) in [5.74, 6) is 2.30. The highest BCUT2D eigenvalue weighted by atomic mass is 16.5. The van der Waals surface area contributed by atoms with E-state index in [9.17, 15) is 4.79 Å². The molecule has 0 aliphatic carbocycles. The molecule has 6 nitrogen and oxygen atoms in total. The van der Waals surface area contributed by atoms with Gasteiger partial charge >= 0.3 is 0 Å². The molecule has 37 heavy (non-hydrogen) atoms. The fourth-order valence-corrected chi connectivity index (χ4v) is 4.50. The van der Waals surface area contributed by atoms with Crippen molar-refractivity contribution in [2.24, 2.45) is 0 Å². The lowest BCUT2D eigenvalue weighted by Crippen LogP contribution is -2.26. The van der Waals surface area contributed by atoms with E-state index in [0.29, 0.717) is 24.5 Å². The molecule has 0 bridgehead atoms. The number of hydrogen-bond acceptors (Lipinski definition) is 4. The molecule has 1 aromatic heterocycles. The Morgan fingerprint density at radius 2 is 1.62 bits per heavy atom. The van der Waals surface area contributed by atoms with Gasteiger partial charge in [0.1, 0.15) is 5.82 Å². The minimum atomic E-state index is -0.0142. The topological polar surface area (TPSA) is 65.4 Å². The van der Waals surface area contributed by atoms with Crippen LogP contribution in [0.2, 0.25) is 0 Å². The van der Waals surface area contributed by atoms with Gasteiger partial charge in [-0.15, -0.1) is 0 Å². The lowest BCUT2D eigenvalue weighted by Gasteiger charge is -2.19. The number of methoxy groups -OCH3 is 2. The number of benzene rings is 3. The van der Waals surface area contributed by atoms with Gasteiger partial charge in [0, 0.05) is 19.5 Å². The number of para-hydroxylation sites is 2. The standard InChI is InChI=1S/C31H37N3O3/c1-31(2,3)24-15-12-22(13-16-24)21-34-26-10-7-6-9-25(26)33-29(34)11-8-18-32-30(35)20-23-14-17-27(36-4)28(19-23)37-5/h6-7,9-10,12-17,19H,8,11,18,20-21H2,1-5H3,(H,32,35). The largest absolute Gasteiger partial charge is 0.493 e. The first kappa shape index (κ1) is 26.3. The summed E-state index contributed by atoms with van der Waals surface area (Å²) in [5, 5.41) is 3.04. The number of carbonyl (C=O) groups excluding carboxylic acids is 1. The van der Waals surface area contributed by atoms with E-state index in [0.717, 1.165) is 41.8 Å². The summed E-state index contributed by atoms with van der Waals surface area (Å²) in [6, 6.07) is 22.7. The highest BCUT2D eigenvalue weighted by molar-refractivity contribution is 5.79. The lowest BCUT2D eigenvalue weighted by molar-refractivity contribution is -0.120. The summed E-state index contributed by atoms with van der Waals surface area (Å²) in [5.41, 5.74) is 5.73. The molecule has 0 radical (unpaired) electrons. The van der Waals surface area contributed by atoms with Gasteiger partial charge in [-0.2, -0.15) is 0 Å². The molecule has 4 rings (SSSR count). The first-order valence-corrected chi connectivity index (χ1v) is 12.8. The van der Waals surface area contributed by atoms with Gasteiger partial charge in [0.05, 0.1) is 31.7 Å². The molecule has 0 aliphatic rings. The monoisotopic (exact) mass is 499 g/mol. The van der Waals surface area contributed by atoms with Crippen molar-refractivity contribution in [2.75, 3.05) is 20.8 Å². The minimum absolute atomic E-state index is 0.0142. The van der Waals surface area contributed by atoms with Crippen molar-refractivity contribution >= 4 is 16.9 Å². The van der Waals surface area contributed by atoms with Crippen LogP contribution in [-0.2, 0) is 29.6 Å². The zero-order chi connectivity index (χ0) is 26.4. The SMILES string of the molecule is COc1ccc(CC(=O)NCCCc2nc3ccccc3n2Cc2ccc(C(C)(C)C)cc2)cc1OC. The zero-order valence-electron chi connectivity index (χ0n) is 22.5. The van der Waals surface area contributed by atoms with E-state index in [4.69, 9.17) is 14.5 Å². The van der Waals surface area contributed by atoms with Gasteiger partial charge in [0.15, 0.2) is 11.5 Å². The Bertz CT molecular complexity index is 1350. The van der Waals surface area contributed by atoms with Crippen molar-refractivity contribution in [3.05, 3.63) is 89.2 Å². The molecule has 0 saturated carbocycles. The number of aromatic nitrogens is 2. The Morgan fingerprint density at radius 1 is 0.919 bits per heavy atom. The molecule has 1 heterocycles. The highest BCUT2D eigenvalue weighted by Crippen LogP contribution is 2.28. The van der Waals surface area contributed by atoms with E-state index in [-0.39, 0.29) is 11.3 Å². The van der Waals surface area contributed by atoms with Crippen LogP contribution < -0.4 is 14.8 Å². The van der Waals surface area contributed by atoms with E-state index in [1.807, 2.05) is 24.3 Å². The molecule has 0 fully saturated rings. The van der Waals surface area contributed by atoms with Gasteiger partial charge < -0.3 is 19.4 Å². The summed E-state index contributed by atoms with van der Waals surface area (Å²) in [4.78, 5) is 17.4. The second-order valence-electron chi connectivity index (χ2n) is 10.4. The molecule has 0 atom stereocenters. The summed E-state index contributed by atoms with van der Waals surface area (Å²) >= 11 is 0. The van der Waals surface area contributed by atoms with E-state index in [1.54, 1.807) is 14.2 Å². The van der Waals surface area contributed by atoms with Crippen LogP contribution in [0.15, 0.2) is 66.7 Å². The molecular weight excluding hydrogens is 462 g/mol. The number of ether oxygens (including phenoxy) is 2. The van der Waals surface area contributed by atoms with Crippen molar-refractivity contribution in [2.45, 2.75) is 52.0 Å². The number of fused-ring (bicyclic) bond motifs is 1. The molecule has 0 spiro atoms. The molecular formula is C31H37N3O3. The Labute approximate surface area is 219 Å². The van der Waals surface area contributed by atoms with Crippen LogP contribution in [0.5, 0.6) is 11.5 Å². The minimum Gasteiger partial charge on any atom is -0.493 e. The number of nitrogens with one attached hydrogen (secondary N) is 1. The fourth-order valence-electron chi connectivity index (χ4n) is 4.50. The second-order valence-corrected chi connectivity index (χ2v) is 10.4. The predicted molar refractivity (Wildman–Crippen MR) is 149 cm³/mol. The summed E-state index contributed by atoms with van der Waals surface area (Å²) in [6.07, 6.45) is 1.89. The van der Waals surface area contributed by atoms with Gasteiger partial charge in [-0.05, 0) is 52.8 Å². The molecule has 1 amide bonds.